The lowest BCUT2D eigenvalue weighted by molar-refractivity contribution is -0.179. The molecule has 42 heavy (non-hydrogen) atoms. The number of rotatable bonds is 5. The van der Waals surface area contributed by atoms with Crippen LogP contribution < -0.4 is 0 Å². The number of ether oxygens (including phenoxy) is 2. The molecule has 5 heteroatoms. The Morgan fingerprint density at radius 2 is 1.45 bits per heavy atom. The Bertz CT molecular complexity index is 1120. The number of aliphatic carboxylic acids is 1. The van der Waals surface area contributed by atoms with E-state index in [9.17, 15) is 14.7 Å². The molecule has 5 aliphatic rings. The number of fused-ring (bicyclic) bond motifs is 6. The van der Waals surface area contributed by atoms with Gasteiger partial charge >= 0.3 is 11.9 Å². The van der Waals surface area contributed by atoms with E-state index in [0.717, 1.165) is 25.2 Å². The van der Waals surface area contributed by atoms with Crippen LogP contribution in [0, 0.1) is 56.2 Å². The minimum atomic E-state index is -1.12. The highest BCUT2D eigenvalue weighted by Crippen LogP contribution is 2.70. The summed E-state index contributed by atoms with van der Waals surface area (Å²) in [5, 5.41) is 9.52. The highest BCUT2D eigenvalue weighted by atomic mass is 16.5. The standard InChI is InChI=1S/C37H60O5/c1-32(2,31(39)40)22-30(38)42-29-17-19-36(8)24-12-14-27-35(7,21-23(24)11-13-25(36)34(29,5)6)18-15-26-33(3,4)28(41-10)16-20-37(26,27)9/h11,24-29H,12-22H2,1-10H3,(H,39,40)/t24-,25-,26?,27?,28-,29+,35-,36+,37-/m0/s1. The van der Waals surface area contributed by atoms with Crippen molar-refractivity contribution >= 4 is 11.9 Å². The van der Waals surface area contributed by atoms with E-state index in [2.05, 4.69) is 54.5 Å². The van der Waals surface area contributed by atoms with Crippen LogP contribution in [0.3, 0.4) is 0 Å². The molecule has 1 N–H and O–H groups in total. The van der Waals surface area contributed by atoms with E-state index in [1.165, 1.54) is 44.9 Å². The molecule has 5 rings (SSSR count). The maximum atomic E-state index is 12.9. The second-order valence-corrected chi connectivity index (χ2v) is 18.0. The molecule has 4 saturated carbocycles. The van der Waals surface area contributed by atoms with Gasteiger partial charge in [0.2, 0.25) is 0 Å². The third kappa shape index (κ3) is 4.81. The first kappa shape index (κ1) is 32.0. The van der Waals surface area contributed by atoms with Gasteiger partial charge in [0.15, 0.2) is 0 Å². The summed E-state index contributed by atoms with van der Waals surface area (Å²) in [6.45, 7) is 20.6. The first-order valence-corrected chi connectivity index (χ1v) is 17.0. The van der Waals surface area contributed by atoms with Crippen LogP contribution in [0.4, 0.5) is 0 Å². The monoisotopic (exact) mass is 584 g/mol. The summed E-state index contributed by atoms with van der Waals surface area (Å²) in [5.41, 5.74) is 1.54. The molecule has 0 aliphatic heterocycles. The van der Waals surface area contributed by atoms with Crippen molar-refractivity contribution in [1.29, 1.82) is 0 Å². The van der Waals surface area contributed by atoms with Crippen LogP contribution in [-0.2, 0) is 19.1 Å². The van der Waals surface area contributed by atoms with Gasteiger partial charge in [-0.3, -0.25) is 9.59 Å². The molecule has 0 amide bonds. The van der Waals surface area contributed by atoms with E-state index in [-0.39, 0.29) is 34.7 Å². The molecule has 5 aliphatic carbocycles. The number of carboxylic acid groups (broad SMARTS) is 1. The van der Waals surface area contributed by atoms with Gasteiger partial charge in [0.05, 0.1) is 17.9 Å². The normalized spacial score (nSPS) is 44.3. The van der Waals surface area contributed by atoms with Gasteiger partial charge in [-0.05, 0) is 123 Å². The van der Waals surface area contributed by atoms with Crippen molar-refractivity contribution in [3.8, 4) is 0 Å². The summed E-state index contributed by atoms with van der Waals surface area (Å²) in [4.78, 5) is 24.6. The highest BCUT2D eigenvalue weighted by Gasteiger charge is 2.63. The molecular formula is C37H60O5. The Morgan fingerprint density at radius 3 is 2.10 bits per heavy atom. The van der Waals surface area contributed by atoms with Crippen molar-refractivity contribution in [2.75, 3.05) is 7.11 Å². The Kier molecular flexibility index (Phi) is 7.89. The number of hydrogen-bond donors (Lipinski definition) is 1. The van der Waals surface area contributed by atoms with Gasteiger partial charge < -0.3 is 14.6 Å². The number of methoxy groups -OCH3 is 1. The van der Waals surface area contributed by atoms with Crippen molar-refractivity contribution in [2.24, 2.45) is 56.2 Å². The fourth-order valence-electron chi connectivity index (χ4n) is 12.2. The lowest BCUT2D eigenvalue weighted by Crippen LogP contribution is -2.58. The molecule has 0 heterocycles. The summed E-state index contributed by atoms with van der Waals surface area (Å²) >= 11 is 0. The summed E-state index contributed by atoms with van der Waals surface area (Å²) in [7, 11) is 1.91. The Morgan fingerprint density at radius 1 is 0.833 bits per heavy atom. The molecular weight excluding hydrogens is 524 g/mol. The first-order valence-electron chi connectivity index (χ1n) is 17.0. The van der Waals surface area contributed by atoms with Crippen LogP contribution in [0.25, 0.3) is 0 Å². The fourth-order valence-corrected chi connectivity index (χ4v) is 12.2. The van der Waals surface area contributed by atoms with Crippen LogP contribution in [0.1, 0.15) is 133 Å². The molecule has 9 atom stereocenters. The second-order valence-electron chi connectivity index (χ2n) is 18.0. The molecule has 0 bridgehead atoms. The SMILES string of the molecule is CO[C@H]1CC[C@@]2(C)C(CC[C@@]3(C)CC4=CC[C@H]5C(C)(C)[C@H](OC(=O)CC(C)(C)C(=O)O)CC[C@]5(C)[C@H]4CCC32)C1(C)C. The van der Waals surface area contributed by atoms with E-state index in [4.69, 9.17) is 9.47 Å². The molecule has 0 aromatic carbocycles. The largest absolute Gasteiger partial charge is 0.481 e. The minimum absolute atomic E-state index is 0.0921. The Balaban J connectivity index is 1.38. The highest BCUT2D eigenvalue weighted by molar-refractivity contribution is 5.81. The first-order chi connectivity index (χ1) is 19.3. The Hall–Kier alpha value is -1.36. The van der Waals surface area contributed by atoms with Gasteiger partial charge in [0.1, 0.15) is 6.10 Å². The number of hydrogen-bond acceptors (Lipinski definition) is 4. The summed E-state index contributed by atoms with van der Waals surface area (Å²) < 4.78 is 12.2. The molecule has 2 unspecified atom stereocenters. The van der Waals surface area contributed by atoms with E-state index >= 15 is 0 Å². The van der Waals surface area contributed by atoms with E-state index in [0.29, 0.717) is 34.7 Å². The number of carbonyl (C=O) groups excluding carboxylic acids is 1. The summed E-state index contributed by atoms with van der Waals surface area (Å²) in [6, 6.07) is 0. The molecule has 0 spiro atoms. The van der Waals surface area contributed by atoms with Crippen LogP contribution in [0.15, 0.2) is 11.6 Å². The van der Waals surface area contributed by atoms with Gasteiger partial charge in [0.25, 0.3) is 0 Å². The van der Waals surface area contributed by atoms with Crippen molar-refractivity contribution in [2.45, 2.75) is 145 Å². The van der Waals surface area contributed by atoms with Gasteiger partial charge in [0, 0.05) is 12.5 Å². The van der Waals surface area contributed by atoms with Crippen LogP contribution in [0.5, 0.6) is 0 Å². The number of esters is 1. The maximum absolute atomic E-state index is 12.9. The van der Waals surface area contributed by atoms with Crippen molar-refractivity contribution in [3.05, 3.63) is 11.6 Å². The number of carbonyl (C=O) groups is 2. The smallest absolute Gasteiger partial charge is 0.309 e. The predicted molar refractivity (Wildman–Crippen MR) is 167 cm³/mol. The fraction of sp³-hybridized carbons (Fsp3) is 0.892. The minimum Gasteiger partial charge on any atom is -0.481 e. The zero-order chi connectivity index (χ0) is 31.1. The van der Waals surface area contributed by atoms with Crippen LogP contribution >= 0.6 is 0 Å². The summed E-state index contributed by atoms with van der Waals surface area (Å²) in [6.07, 6.45) is 14.6. The van der Waals surface area contributed by atoms with E-state index in [1.807, 2.05) is 7.11 Å². The number of allylic oxidation sites excluding steroid dienone is 2. The maximum Gasteiger partial charge on any atom is 0.309 e. The van der Waals surface area contributed by atoms with Crippen LogP contribution in [0.2, 0.25) is 0 Å². The molecule has 0 radical (unpaired) electrons. The van der Waals surface area contributed by atoms with E-state index < -0.39 is 11.4 Å². The number of carboxylic acids is 1. The second kappa shape index (κ2) is 10.3. The lowest BCUT2D eigenvalue weighted by Gasteiger charge is -2.64. The third-order valence-corrected chi connectivity index (χ3v) is 14.5. The zero-order valence-corrected chi connectivity index (χ0v) is 28.4. The van der Waals surface area contributed by atoms with Crippen molar-refractivity contribution < 1.29 is 24.2 Å². The molecule has 5 nitrogen and oxygen atoms in total. The Labute approximate surface area is 256 Å². The van der Waals surface area contributed by atoms with Crippen LogP contribution in [-0.4, -0.2) is 36.4 Å². The quantitative estimate of drug-likeness (QED) is 0.258. The zero-order valence-electron chi connectivity index (χ0n) is 28.4. The molecule has 0 saturated heterocycles. The molecule has 238 valence electrons. The molecule has 0 aromatic rings. The average molecular weight is 585 g/mol. The topological polar surface area (TPSA) is 72.8 Å². The van der Waals surface area contributed by atoms with Gasteiger partial charge in [-0.25, -0.2) is 0 Å². The summed E-state index contributed by atoms with van der Waals surface area (Å²) in [5.74, 6) is 1.12. The van der Waals surface area contributed by atoms with Crippen molar-refractivity contribution in [3.63, 3.8) is 0 Å². The average Bonchev–Trinajstić information content (AvgIpc) is 3.02. The van der Waals surface area contributed by atoms with Gasteiger partial charge in [-0.2, -0.15) is 0 Å². The van der Waals surface area contributed by atoms with Gasteiger partial charge in [-0.1, -0.05) is 60.1 Å². The lowest BCUT2D eigenvalue weighted by atomic mass is 9.42. The van der Waals surface area contributed by atoms with E-state index in [1.54, 1.807) is 19.4 Å². The predicted octanol–water partition coefficient (Wildman–Crippen LogP) is 8.85. The molecule has 0 aromatic heterocycles. The van der Waals surface area contributed by atoms with Crippen molar-refractivity contribution in [1.82, 2.24) is 0 Å². The van der Waals surface area contributed by atoms with Gasteiger partial charge in [-0.15, -0.1) is 0 Å². The molecule has 4 fully saturated rings. The third-order valence-electron chi connectivity index (χ3n) is 14.5.